The number of piperidine rings is 1. The minimum absolute atomic E-state index is 0.0896. The van der Waals surface area contributed by atoms with Gasteiger partial charge in [-0.2, -0.15) is 0 Å². The van der Waals surface area contributed by atoms with Crippen molar-refractivity contribution in [2.75, 3.05) is 19.0 Å². The number of halogens is 2. The lowest BCUT2D eigenvalue weighted by Gasteiger charge is -2.31. The summed E-state index contributed by atoms with van der Waals surface area (Å²) in [5.74, 6) is 1.16. The van der Waals surface area contributed by atoms with Crippen LogP contribution in [0.1, 0.15) is 22.5 Å². The molecule has 0 bridgehead atoms. The van der Waals surface area contributed by atoms with Crippen molar-refractivity contribution < 1.29 is 4.79 Å². The van der Waals surface area contributed by atoms with E-state index in [0.29, 0.717) is 16.1 Å². The molecule has 0 radical (unpaired) electrons. The van der Waals surface area contributed by atoms with E-state index >= 15 is 0 Å². The number of nitrogens with zero attached hydrogens (tertiary/aromatic N) is 1. The van der Waals surface area contributed by atoms with E-state index in [1.54, 1.807) is 12.1 Å². The topological polar surface area (TPSA) is 20.3 Å². The van der Waals surface area contributed by atoms with Crippen molar-refractivity contribution in [2.45, 2.75) is 12.8 Å². The van der Waals surface area contributed by atoms with Crippen LogP contribution in [0.15, 0.2) is 12.1 Å². The molecule has 1 aromatic rings. The molecule has 1 aliphatic rings. The van der Waals surface area contributed by atoms with Crippen LogP contribution in [-0.2, 0) is 0 Å². The van der Waals surface area contributed by atoms with Gasteiger partial charge in [0.1, 0.15) is 0 Å². The average Bonchev–Trinajstić information content (AvgIpc) is 2.75. The minimum atomic E-state index is 0.0896. The van der Waals surface area contributed by atoms with Crippen LogP contribution in [0.25, 0.3) is 0 Å². The van der Waals surface area contributed by atoms with E-state index in [9.17, 15) is 4.79 Å². The van der Waals surface area contributed by atoms with Crippen LogP contribution in [0, 0.1) is 5.92 Å². The van der Waals surface area contributed by atoms with Gasteiger partial charge in [-0.05, 0) is 30.9 Å². The van der Waals surface area contributed by atoms with Gasteiger partial charge in [0, 0.05) is 19.0 Å². The Hall–Kier alpha value is -0.250. The third kappa shape index (κ3) is 2.70. The highest BCUT2D eigenvalue weighted by molar-refractivity contribution is 7.17. The normalized spacial score (nSPS) is 21.1. The van der Waals surface area contributed by atoms with Gasteiger partial charge in [-0.3, -0.25) is 4.79 Å². The monoisotopic (exact) mass is 277 g/mol. The number of amides is 1. The predicted molar refractivity (Wildman–Crippen MR) is 68.7 cm³/mol. The number of alkyl halides is 1. The lowest BCUT2D eigenvalue weighted by atomic mass is 10.00. The van der Waals surface area contributed by atoms with Crippen LogP contribution < -0.4 is 0 Å². The van der Waals surface area contributed by atoms with Crippen molar-refractivity contribution in [1.29, 1.82) is 0 Å². The number of carbonyl (C=O) groups is 1. The van der Waals surface area contributed by atoms with Crippen molar-refractivity contribution in [3.63, 3.8) is 0 Å². The Morgan fingerprint density at radius 1 is 1.56 bits per heavy atom. The van der Waals surface area contributed by atoms with Crippen LogP contribution in [0.4, 0.5) is 0 Å². The molecular weight excluding hydrogens is 265 g/mol. The van der Waals surface area contributed by atoms with Gasteiger partial charge in [0.15, 0.2) is 0 Å². The standard InChI is InChI=1S/C11H13Cl2NOS/c12-6-8-2-1-5-14(7-8)11(15)9-3-4-10(13)16-9/h3-4,8H,1-2,5-7H2. The fourth-order valence-electron chi connectivity index (χ4n) is 1.96. The second kappa shape index (κ2) is 5.39. The molecule has 1 aromatic heterocycles. The quantitative estimate of drug-likeness (QED) is 0.758. The van der Waals surface area contributed by atoms with Crippen LogP contribution >= 0.6 is 34.5 Å². The van der Waals surface area contributed by atoms with Gasteiger partial charge in [-0.1, -0.05) is 11.6 Å². The van der Waals surface area contributed by atoms with E-state index in [1.165, 1.54) is 11.3 Å². The van der Waals surface area contributed by atoms with Crippen LogP contribution in [0.2, 0.25) is 4.34 Å². The maximum absolute atomic E-state index is 12.1. The van der Waals surface area contributed by atoms with Gasteiger partial charge < -0.3 is 4.90 Å². The number of likely N-dealkylation sites (tertiary alicyclic amines) is 1. The first-order valence-electron chi connectivity index (χ1n) is 5.31. The number of rotatable bonds is 2. The Labute approximate surface area is 109 Å². The molecule has 16 heavy (non-hydrogen) atoms. The highest BCUT2D eigenvalue weighted by atomic mass is 35.5. The minimum Gasteiger partial charge on any atom is -0.338 e. The molecule has 0 spiro atoms. The second-order valence-electron chi connectivity index (χ2n) is 4.02. The molecule has 0 aliphatic carbocycles. The third-order valence-electron chi connectivity index (χ3n) is 2.81. The Balaban J connectivity index is 2.04. The van der Waals surface area contributed by atoms with Crippen molar-refractivity contribution >= 4 is 40.4 Å². The Kier molecular flexibility index (Phi) is 4.11. The summed E-state index contributed by atoms with van der Waals surface area (Å²) >= 11 is 13.0. The van der Waals surface area contributed by atoms with Crippen molar-refractivity contribution in [3.05, 3.63) is 21.3 Å². The Bertz CT molecular complexity index is 380. The van der Waals surface area contributed by atoms with Gasteiger partial charge >= 0.3 is 0 Å². The Morgan fingerprint density at radius 3 is 3.00 bits per heavy atom. The first-order valence-corrected chi connectivity index (χ1v) is 7.04. The van der Waals surface area contributed by atoms with Gasteiger partial charge in [-0.25, -0.2) is 0 Å². The number of hydrogen-bond donors (Lipinski definition) is 0. The number of thiophene rings is 1. The largest absolute Gasteiger partial charge is 0.338 e. The summed E-state index contributed by atoms with van der Waals surface area (Å²) in [5, 5.41) is 0. The molecule has 1 amide bonds. The first-order chi connectivity index (χ1) is 7.70. The molecule has 1 saturated heterocycles. The smallest absolute Gasteiger partial charge is 0.263 e. The summed E-state index contributed by atoms with van der Waals surface area (Å²) in [6.45, 7) is 1.61. The van der Waals surface area contributed by atoms with Crippen LogP contribution in [0.3, 0.4) is 0 Å². The molecule has 88 valence electrons. The molecule has 2 heterocycles. The van der Waals surface area contributed by atoms with E-state index in [1.807, 2.05) is 4.90 Å². The maximum atomic E-state index is 12.1. The molecule has 2 nitrogen and oxygen atoms in total. The maximum Gasteiger partial charge on any atom is 0.263 e. The van der Waals surface area contributed by atoms with Crippen molar-refractivity contribution in [3.8, 4) is 0 Å². The molecule has 0 saturated carbocycles. The summed E-state index contributed by atoms with van der Waals surface area (Å²) in [6, 6.07) is 3.56. The first kappa shape index (κ1) is 12.2. The number of carbonyl (C=O) groups excluding carboxylic acids is 1. The molecule has 2 rings (SSSR count). The average molecular weight is 278 g/mol. The van der Waals surface area contributed by atoms with Crippen molar-refractivity contribution in [1.82, 2.24) is 4.90 Å². The van der Waals surface area contributed by atoms with Crippen molar-refractivity contribution in [2.24, 2.45) is 5.92 Å². The van der Waals surface area contributed by atoms with E-state index in [4.69, 9.17) is 23.2 Å². The molecule has 1 aliphatic heterocycles. The fourth-order valence-corrected chi connectivity index (χ4v) is 3.22. The highest BCUT2D eigenvalue weighted by Crippen LogP contribution is 2.25. The summed E-state index contributed by atoms with van der Waals surface area (Å²) in [6.07, 6.45) is 2.17. The third-order valence-corrected chi connectivity index (χ3v) is 4.46. The summed E-state index contributed by atoms with van der Waals surface area (Å²) < 4.78 is 0.661. The molecule has 1 unspecified atom stereocenters. The number of hydrogen-bond acceptors (Lipinski definition) is 2. The zero-order chi connectivity index (χ0) is 11.5. The van der Waals surface area contributed by atoms with E-state index in [0.717, 1.165) is 30.8 Å². The van der Waals surface area contributed by atoms with E-state index in [2.05, 4.69) is 0 Å². The summed E-state index contributed by atoms with van der Waals surface area (Å²) in [7, 11) is 0. The summed E-state index contributed by atoms with van der Waals surface area (Å²) in [4.78, 5) is 14.7. The van der Waals surface area contributed by atoms with Crippen LogP contribution in [-0.4, -0.2) is 29.8 Å². The molecule has 0 N–H and O–H groups in total. The molecule has 1 atom stereocenters. The molecule has 1 fully saturated rings. The van der Waals surface area contributed by atoms with Gasteiger partial charge in [0.25, 0.3) is 5.91 Å². The molecular formula is C11H13Cl2NOS. The van der Waals surface area contributed by atoms with E-state index in [-0.39, 0.29) is 5.91 Å². The zero-order valence-electron chi connectivity index (χ0n) is 8.79. The SMILES string of the molecule is O=C(c1ccc(Cl)s1)N1CCCC(CCl)C1. The van der Waals surface area contributed by atoms with Gasteiger partial charge in [0.2, 0.25) is 0 Å². The lowest BCUT2D eigenvalue weighted by Crippen LogP contribution is -2.40. The lowest BCUT2D eigenvalue weighted by molar-refractivity contribution is 0.0690. The zero-order valence-corrected chi connectivity index (χ0v) is 11.1. The Morgan fingerprint density at radius 2 is 2.38 bits per heavy atom. The molecule has 0 aromatic carbocycles. The van der Waals surface area contributed by atoms with E-state index < -0.39 is 0 Å². The molecule has 5 heteroatoms. The second-order valence-corrected chi connectivity index (χ2v) is 6.04. The van der Waals surface area contributed by atoms with Gasteiger partial charge in [-0.15, -0.1) is 22.9 Å². The van der Waals surface area contributed by atoms with Crippen LogP contribution in [0.5, 0.6) is 0 Å². The fraction of sp³-hybridized carbons (Fsp3) is 0.545. The summed E-state index contributed by atoms with van der Waals surface area (Å²) in [5.41, 5.74) is 0. The van der Waals surface area contributed by atoms with Gasteiger partial charge in [0.05, 0.1) is 9.21 Å². The predicted octanol–water partition coefficient (Wildman–Crippen LogP) is 3.49. The highest BCUT2D eigenvalue weighted by Gasteiger charge is 2.24.